The smallest absolute Gasteiger partial charge is 0.164 e. The first-order chi connectivity index (χ1) is 30.7. The fourth-order valence-electron chi connectivity index (χ4n) is 9.46. The molecule has 0 bridgehead atoms. The molecule has 0 aliphatic rings. The van der Waals surface area contributed by atoms with Crippen molar-refractivity contribution >= 4 is 76.1 Å². The highest BCUT2D eigenvalue weighted by atomic mass is 16.3. The molecule has 288 valence electrons. The third-order valence-electron chi connectivity index (χ3n) is 12.4. The van der Waals surface area contributed by atoms with Gasteiger partial charge in [-0.1, -0.05) is 152 Å². The van der Waals surface area contributed by atoms with Gasteiger partial charge in [0, 0.05) is 49.2 Å². The average molecular weight is 791 g/mol. The van der Waals surface area contributed by atoms with Crippen LogP contribution in [-0.4, -0.2) is 19.5 Å². The highest BCUT2D eigenvalue weighted by Gasteiger charge is 2.24. The van der Waals surface area contributed by atoms with Crippen LogP contribution in [0.1, 0.15) is 0 Å². The molecule has 62 heavy (non-hydrogen) atoms. The molecule has 0 fully saturated rings. The van der Waals surface area contributed by atoms with Gasteiger partial charge in [0.15, 0.2) is 17.5 Å². The van der Waals surface area contributed by atoms with Crippen LogP contribution in [0.4, 0.5) is 0 Å². The predicted molar refractivity (Wildman–Crippen MR) is 256 cm³/mol. The van der Waals surface area contributed by atoms with E-state index in [0.29, 0.717) is 17.5 Å². The van der Waals surface area contributed by atoms with Crippen LogP contribution >= 0.6 is 0 Å². The lowest BCUT2D eigenvalue weighted by Gasteiger charge is -2.20. The van der Waals surface area contributed by atoms with Gasteiger partial charge in [0.25, 0.3) is 0 Å². The summed E-state index contributed by atoms with van der Waals surface area (Å²) < 4.78 is 8.71. The van der Waals surface area contributed by atoms with Gasteiger partial charge in [0.05, 0.1) is 16.7 Å². The molecule has 13 rings (SSSR count). The van der Waals surface area contributed by atoms with Crippen LogP contribution in [0.5, 0.6) is 0 Å². The Morgan fingerprint density at radius 3 is 1.47 bits per heavy atom. The molecule has 0 amide bonds. The topological polar surface area (TPSA) is 56.7 Å². The largest absolute Gasteiger partial charge is 0.456 e. The highest BCUT2D eigenvalue weighted by molar-refractivity contribution is 6.19. The van der Waals surface area contributed by atoms with E-state index in [2.05, 4.69) is 162 Å². The lowest BCUT2D eigenvalue weighted by atomic mass is 9.93. The summed E-state index contributed by atoms with van der Waals surface area (Å²) in [4.78, 5) is 15.8. The standard InChI is InChI=1S/C57H34N4O/c1-3-15-35(16-4-1)45-34-49(57-59-55(36-17-5-2-6-18-36)58-56(60-57)41-27-28-53-48(31-41)43-24-13-14-26-52(43)62-53)42-23-11-12-25-44(42)54(45)61-50-32-39-21-9-7-19-37(39)29-46(50)47-30-38-20-8-10-22-40(38)33-51(47)61/h1-34H. The third kappa shape index (κ3) is 5.38. The molecule has 0 N–H and O–H groups in total. The van der Waals surface area contributed by atoms with E-state index in [4.69, 9.17) is 19.4 Å². The number of hydrogen-bond donors (Lipinski definition) is 0. The maximum absolute atomic E-state index is 6.22. The van der Waals surface area contributed by atoms with Gasteiger partial charge in [-0.25, -0.2) is 15.0 Å². The zero-order valence-electron chi connectivity index (χ0n) is 33.3. The number of aromatic nitrogens is 4. The average Bonchev–Trinajstić information content (AvgIpc) is 3.86. The summed E-state index contributed by atoms with van der Waals surface area (Å²) in [6.07, 6.45) is 0. The maximum atomic E-state index is 6.22. The van der Waals surface area contributed by atoms with Crippen molar-refractivity contribution in [2.24, 2.45) is 0 Å². The van der Waals surface area contributed by atoms with Crippen LogP contribution in [0, 0.1) is 0 Å². The number of fused-ring (bicyclic) bond motifs is 9. The summed E-state index contributed by atoms with van der Waals surface area (Å²) in [6.45, 7) is 0. The Balaban J connectivity index is 1.13. The van der Waals surface area contributed by atoms with Crippen molar-refractivity contribution in [1.82, 2.24) is 19.5 Å². The van der Waals surface area contributed by atoms with Crippen molar-refractivity contribution in [2.45, 2.75) is 0 Å². The molecule has 5 heteroatoms. The summed E-state index contributed by atoms with van der Waals surface area (Å²) in [6, 6.07) is 73.0. The minimum absolute atomic E-state index is 0.594. The molecule has 0 spiro atoms. The van der Waals surface area contributed by atoms with Gasteiger partial charge < -0.3 is 8.98 Å². The molecule has 0 radical (unpaired) electrons. The second-order valence-corrected chi connectivity index (χ2v) is 16.0. The molecule has 13 aromatic rings. The van der Waals surface area contributed by atoms with E-state index in [1.54, 1.807) is 0 Å². The van der Waals surface area contributed by atoms with Crippen molar-refractivity contribution in [2.75, 3.05) is 0 Å². The van der Waals surface area contributed by atoms with E-state index < -0.39 is 0 Å². The first-order valence-corrected chi connectivity index (χ1v) is 20.9. The Hall–Kier alpha value is -8.41. The molecule has 10 aromatic carbocycles. The number of furan rings is 1. The SMILES string of the molecule is c1ccc(-c2nc(-c3ccc4oc5ccccc5c4c3)nc(-c3cc(-c4ccccc4)c(-n4c5cc6ccccc6cc5c5cc6ccccc6cc54)c4ccccc34)n2)cc1. The summed E-state index contributed by atoms with van der Waals surface area (Å²) >= 11 is 0. The van der Waals surface area contributed by atoms with E-state index >= 15 is 0 Å². The van der Waals surface area contributed by atoms with Crippen molar-refractivity contribution in [3.05, 3.63) is 206 Å². The Kier molecular flexibility index (Phi) is 7.54. The molecule has 0 aliphatic heterocycles. The number of hydrogen-bond acceptors (Lipinski definition) is 4. The number of para-hydroxylation sites is 1. The minimum atomic E-state index is 0.594. The highest BCUT2D eigenvalue weighted by Crippen LogP contribution is 2.45. The van der Waals surface area contributed by atoms with Crippen molar-refractivity contribution in [3.8, 4) is 51.0 Å². The Bertz CT molecular complexity index is 3830. The first kappa shape index (κ1) is 34.5. The van der Waals surface area contributed by atoms with Crippen LogP contribution in [0.2, 0.25) is 0 Å². The maximum Gasteiger partial charge on any atom is 0.164 e. The molecule has 0 saturated heterocycles. The summed E-state index contributed by atoms with van der Waals surface area (Å²) in [5, 5.41) is 11.5. The summed E-state index contributed by atoms with van der Waals surface area (Å²) in [5.74, 6) is 1.81. The van der Waals surface area contributed by atoms with Gasteiger partial charge in [-0.15, -0.1) is 0 Å². The van der Waals surface area contributed by atoms with E-state index in [9.17, 15) is 0 Å². The molecular formula is C57H34N4O. The van der Waals surface area contributed by atoms with E-state index in [0.717, 1.165) is 77.2 Å². The van der Waals surface area contributed by atoms with Crippen molar-refractivity contribution < 1.29 is 4.42 Å². The van der Waals surface area contributed by atoms with Gasteiger partial charge in [-0.3, -0.25) is 0 Å². The lowest BCUT2D eigenvalue weighted by Crippen LogP contribution is -2.03. The minimum Gasteiger partial charge on any atom is -0.456 e. The van der Waals surface area contributed by atoms with Crippen LogP contribution in [0.3, 0.4) is 0 Å². The number of rotatable bonds is 5. The van der Waals surface area contributed by atoms with E-state index in [1.807, 2.05) is 48.5 Å². The molecule has 5 nitrogen and oxygen atoms in total. The first-order valence-electron chi connectivity index (χ1n) is 20.9. The van der Waals surface area contributed by atoms with Crippen molar-refractivity contribution in [1.29, 1.82) is 0 Å². The second kappa shape index (κ2) is 13.6. The van der Waals surface area contributed by atoms with Crippen LogP contribution in [0.25, 0.3) is 127 Å². The summed E-state index contributed by atoms with van der Waals surface area (Å²) in [5.41, 5.74) is 10.00. The van der Waals surface area contributed by atoms with Gasteiger partial charge in [0.2, 0.25) is 0 Å². The fourth-order valence-corrected chi connectivity index (χ4v) is 9.46. The lowest BCUT2D eigenvalue weighted by molar-refractivity contribution is 0.669. The second-order valence-electron chi connectivity index (χ2n) is 16.0. The Morgan fingerprint density at radius 1 is 0.306 bits per heavy atom. The molecule has 3 aromatic heterocycles. The third-order valence-corrected chi connectivity index (χ3v) is 12.4. The molecule has 0 atom stereocenters. The molecule has 3 heterocycles. The van der Waals surface area contributed by atoms with Gasteiger partial charge in [-0.05, 0) is 87.1 Å². The zero-order chi connectivity index (χ0) is 40.7. The Morgan fingerprint density at radius 2 is 0.806 bits per heavy atom. The Labute approximate surface area is 355 Å². The van der Waals surface area contributed by atoms with Gasteiger partial charge in [-0.2, -0.15) is 0 Å². The van der Waals surface area contributed by atoms with Crippen LogP contribution in [0.15, 0.2) is 211 Å². The van der Waals surface area contributed by atoms with Gasteiger partial charge >= 0.3 is 0 Å². The molecule has 0 saturated carbocycles. The zero-order valence-corrected chi connectivity index (χ0v) is 33.3. The fraction of sp³-hybridized carbons (Fsp3) is 0. The normalized spacial score (nSPS) is 11.9. The predicted octanol–water partition coefficient (Wildman–Crippen LogP) is 15.0. The summed E-state index contributed by atoms with van der Waals surface area (Å²) in [7, 11) is 0. The van der Waals surface area contributed by atoms with Crippen LogP contribution in [-0.2, 0) is 0 Å². The molecule has 0 aliphatic carbocycles. The molecule has 0 unspecified atom stereocenters. The monoisotopic (exact) mass is 790 g/mol. The van der Waals surface area contributed by atoms with E-state index in [-0.39, 0.29) is 0 Å². The quantitative estimate of drug-likeness (QED) is 0.174. The van der Waals surface area contributed by atoms with E-state index in [1.165, 1.54) is 32.3 Å². The van der Waals surface area contributed by atoms with Gasteiger partial charge in [0.1, 0.15) is 11.2 Å². The number of nitrogens with zero attached hydrogens (tertiary/aromatic N) is 4. The van der Waals surface area contributed by atoms with Crippen molar-refractivity contribution in [3.63, 3.8) is 0 Å². The van der Waals surface area contributed by atoms with Crippen LogP contribution < -0.4 is 0 Å². The molecular weight excluding hydrogens is 757 g/mol. The number of benzene rings is 10.